The van der Waals surface area contributed by atoms with Gasteiger partial charge in [-0.05, 0) is 36.4 Å². The molecule has 2 N–H and O–H groups in total. The second-order valence-corrected chi connectivity index (χ2v) is 4.34. The second-order valence-electron chi connectivity index (χ2n) is 3.93. The van der Waals surface area contributed by atoms with Gasteiger partial charge >= 0.3 is 5.97 Å². The average molecular weight is 291 g/mol. The molecule has 0 atom stereocenters. The minimum atomic E-state index is -1.17. The molecule has 100 valence electrons. The third kappa shape index (κ3) is 2.87. The SMILES string of the molecule is N#Cc1ccc(Nc2ccc(Cl)c(C(=O)O)c2)c(F)c1. The van der Waals surface area contributed by atoms with Gasteiger partial charge in [-0.1, -0.05) is 11.6 Å². The van der Waals surface area contributed by atoms with Gasteiger partial charge in [0.05, 0.1) is 27.9 Å². The number of hydrogen-bond donors (Lipinski definition) is 2. The maximum absolute atomic E-state index is 13.7. The predicted molar refractivity (Wildman–Crippen MR) is 72.8 cm³/mol. The maximum atomic E-state index is 13.7. The van der Waals surface area contributed by atoms with Gasteiger partial charge in [-0.2, -0.15) is 5.26 Å². The summed E-state index contributed by atoms with van der Waals surface area (Å²) < 4.78 is 13.7. The molecule has 20 heavy (non-hydrogen) atoms. The quantitative estimate of drug-likeness (QED) is 0.902. The third-order valence-electron chi connectivity index (χ3n) is 2.57. The highest BCUT2D eigenvalue weighted by Gasteiger charge is 2.10. The Balaban J connectivity index is 2.33. The first-order valence-corrected chi connectivity index (χ1v) is 5.88. The summed E-state index contributed by atoms with van der Waals surface area (Å²) in [5.41, 5.74) is 0.652. The van der Waals surface area contributed by atoms with Crippen molar-refractivity contribution in [3.05, 3.63) is 58.4 Å². The molecule has 0 saturated carbocycles. The lowest BCUT2D eigenvalue weighted by Gasteiger charge is -2.09. The van der Waals surface area contributed by atoms with Crippen LogP contribution in [0.4, 0.5) is 15.8 Å². The lowest BCUT2D eigenvalue weighted by atomic mass is 10.1. The molecule has 0 bridgehead atoms. The van der Waals surface area contributed by atoms with Gasteiger partial charge in [0, 0.05) is 5.69 Å². The van der Waals surface area contributed by atoms with Crippen molar-refractivity contribution < 1.29 is 14.3 Å². The summed E-state index contributed by atoms with van der Waals surface area (Å²) >= 11 is 5.75. The highest BCUT2D eigenvalue weighted by Crippen LogP contribution is 2.25. The normalized spacial score (nSPS) is 9.85. The number of nitriles is 1. The highest BCUT2D eigenvalue weighted by atomic mass is 35.5. The van der Waals surface area contributed by atoms with E-state index >= 15 is 0 Å². The topological polar surface area (TPSA) is 73.1 Å². The van der Waals surface area contributed by atoms with Crippen LogP contribution in [0.25, 0.3) is 0 Å². The van der Waals surface area contributed by atoms with E-state index in [1.54, 1.807) is 0 Å². The van der Waals surface area contributed by atoms with Crippen LogP contribution in [0.5, 0.6) is 0 Å². The lowest BCUT2D eigenvalue weighted by Crippen LogP contribution is -2.00. The molecule has 0 unspecified atom stereocenters. The molecule has 0 aliphatic rings. The van der Waals surface area contributed by atoms with Crippen LogP contribution < -0.4 is 5.32 Å². The average Bonchev–Trinajstić information content (AvgIpc) is 2.42. The Labute approximate surface area is 119 Å². The number of halogens is 2. The maximum Gasteiger partial charge on any atom is 0.337 e. The van der Waals surface area contributed by atoms with Crippen molar-refractivity contribution in [3.63, 3.8) is 0 Å². The molecule has 0 fully saturated rings. The summed E-state index contributed by atoms with van der Waals surface area (Å²) in [6, 6.07) is 10.0. The Hall–Kier alpha value is -2.58. The first-order chi connectivity index (χ1) is 9.51. The largest absolute Gasteiger partial charge is 0.478 e. The van der Waals surface area contributed by atoms with Crippen LogP contribution in [0.15, 0.2) is 36.4 Å². The number of carboxylic acid groups (broad SMARTS) is 1. The van der Waals surface area contributed by atoms with Gasteiger partial charge in [0.1, 0.15) is 5.82 Å². The van der Waals surface area contributed by atoms with Crippen molar-refractivity contribution in [1.82, 2.24) is 0 Å². The molecule has 0 saturated heterocycles. The molecule has 0 spiro atoms. The van der Waals surface area contributed by atoms with E-state index in [0.717, 1.165) is 6.07 Å². The minimum Gasteiger partial charge on any atom is -0.478 e. The van der Waals surface area contributed by atoms with Gasteiger partial charge in [-0.3, -0.25) is 0 Å². The molecule has 6 heteroatoms. The van der Waals surface area contributed by atoms with Crippen molar-refractivity contribution in [1.29, 1.82) is 5.26 Å². The minimum absolute atomic E-state index is 0.0780. The Kier molecular flexibility index (Phi) is 3.87. The molecule has 0 amide bonds. The number of rotatable bonds is 3. The predicted octanol–water partition coefficient (Wildman–Crippen LogP) is 3.79. The van der Waals surface area contributed by atoms with E-state index in [-0.39, 0.29) is 21.8 Å². The summed E-state index contributed by atoms with van der Waals surface area (Å²) in [6.45, 7) is 0. The van der Waals surface area contributed by atoms with Gasteiger partial charge in [0.25, 0.3) is 0 Å². The van der Waals surface area contributed by atoms with Gasteiger partial charge < -0.3 is 10.4 Å². The number of nitrogens with one attached hydrogen (secondary N) is 1. The first kappa shape index (κ1) is 13.8. The van der Waals surface area contributed by atoms with Crippen molar-refractivity contribution in [2.24, 2.45) is 0 Å². The van der Waals surface area contributed by atoms with Crippen LogP contribution in [-0.4, -0.2) is 11.1 Å². The fourth-order valence-electron chi connectivity index (χ4n) is 1.61. The summed E-state index contributed by atoms with van der Waals surface area (Å²) in [5, 5.41) is 20.5. The van der Waals surface area contributed by atoms with Crippen LogP contribution in [0.2, 0.25) is 5.02 Å². The van der Waals surface area contributed by atoms with Crippen molar-refractivity contribution in [2.75, 3.05) is 5.32 Å². The summed E-state index contributed by atoms with van der Waals surface area (Å²) in [4.78, 5) is 11.0. The zero-order valence-electron chi connectivity index (χ0n) is 10.0. The molecule has 0 aromatic heterocycles. The second kappa shape index (κ2) is 5.59. The van der Waals surface area contributed by atoms with E-state index in [9.17, 15) is 9.18 Å². The number of aromatic carboxylic acids is 1. The van der Waals surface area contributed by atoms with Crippen LogP contribution in [0.3, 0.4) is 0 Å². The third-order valence-corrected chi connectivity index (χ3v) is 2.90. The van der Waals surface area contributed by atoms with E-state index in [2.05, 4.69) is 5.32 Å². The van der Waals surface area contributed by atoms with Gasteiger partial charge in [0.2, 0.25) is 0 Å². The number of carbonyl (C=O) groups is 1. The standard InChI is InChI=1S/C14H8ClFN2O2/c15-11-3-2-9(6-10(11)14(19)20)18-13-4-1-8(7-17)5-12(13)16/h1-6,18H,(H,19,20). The summed E-state index contributed by atoms with van der Waals surface area (Å²) in [7, 11) is 0. The fraction of sp³-hybridized carbons (Fsp3) is 0. The van der Waals surface area contributed by atoms with Gasteiger partial charge in [-0.25, -0.2) is 9.18 Å². The molecular formula is C14H8ClFN2O2. The van der Waals surface area contributed by atoms with Crippen LogP contribution in [0, 0.1) is 17.1 Å². The zero-order chi connectivity index (χ0) is 14.7. The van der Waals surface area contributed by atoms with E-state index in [1.807, 2.05) is 6.07 Å². The highest BCUT2D eigenvalue weighted by molar-refractivity contribution is 6.33. The number of anilines is 2. The van der Waals surface area contributed by atoms with Crippen LogP contribution in [-0.2, 0) is 0 Å². The summed E-state index contributed by atoms with van der Waals surface area (Å²) in [6.07, 6.45) is 0. The van der Waals surface area contributed by atoms with E-state index in [4.69, 9.17) is 22.0 Å². The summed E-state index contributed by atoms with van der Waals surface area (Å²) in [5.74, 6) is -1.77. The molecule has 4 nitrogen and oxygen atoms in total. The van der Waals surface area contributed by atoms with E-state index in [0.29, 0.717) is 5.69 Å². The monoisotopic (exact) mass is 290 g/mol. The first-order valence-electron chi connectivity index (χ1n) is 5.51. The van der Waals surface area contributed by atoms with Crippen molar-refractivity contribution in [3.8, 4) is 6.07 Å². The molecule has 0 heterocycles. The number of benzene rings is 2. The number of hydrogen-bond acceptors (Lipinski definition) is 3. The zero-order valence-corrected chi connectivity index (χ0v) is 10.8. The van der Waals surface area contributed by atoms with E-state index < -0.39 is 11.8 Å². The van der Waals surface area contributed by atoms with Crippen LogP contribution >= 0.6 is 11.6 Å². The fourth-order valence-corrected chi connectivity index (χ4v) is 1.81. The number of carboxylic acids is 1. The van der Waals surface area contributed by atoms with Crippen LogP contribution in [0.1, 0.15) is 15.9 Å². The Morgan fingerprint density at radius 1 is 1.30 bits per heavy atom. The molecular weight excluding hydrogens is 283 g/mol. The Morgan fingerprint density at radius 3 is 2.65 bits per heavy atom. The Morgan fingerprint density at radius 2 is 2.05 bits per heavy atom. The molecule has 0 aliphatic heterocycles. The smallest absolute Gasteiger partial charge is 0.337 e. The van der Waals surface area contributed by atoms with Crippen molar-refractivity contribution >= 4 is 28.9 Å². The molecule has 2 aromatic carbocycles. The Bertz CT molecular complexity index is 726. The molecule has 0 aliphatic carbocycles. The molecule has 0 radical (unpaired) electrons. The molecule has 2 aromatic rings. The molecule has 2 rings (SSSR count). The lowest BCUT2D eigenvalue weighted by molar-refractivity contribution is 0.0697. The van der Waals surface area contributed by atoms with E-state index in [1.165, 1.54) is 30.3 Å². The van der Waals surface area contributed by atoms with Gasteiger partial charge in [-0.15, -0.1) is 0 Å². The van der Waals surface area contributed by atoms with Crippen molar-refractivity contribution in [2.45, 2.75) is 0 Å². The van der Waals surface area contributed by atoms with Gasteiger partial charge in [0.15, 0.2) is 0 Å². The number of nitrogens with zero attached hydrogens (tertiary/aromatic N) is 1.